The molecule has 1 heterocycles. The van der Waals surface area contributed by atoms with Gasteiger partial charge in [-0.15, -0.1) is 12.4 Å². The number of halogens is 3. The molecule has 0 atom stereocenters. The van der Waals surface area contributed by atoms with Crippen LogP contribution < -0.4 is 5.73 Å². The Morgan fingerprint density at radius 1 is 1.45 bits per heavy atom. The van der Waals surface area contributed by atoms with Crippen LogP contribution in [0, 0.1) is 15.9 Å². The molecule has 0 spiro atoms. The second-order valence-electron chi connectivity index (χ2n) is 4.98. The van der Waals surface area contributed by atoms with Gasteiger partial charge in [-0.2, -0.15) is 4.98 Å². The van der Waals surface area contributed by atoms with Crippen molar-refractivity contribution in [2.24, 2.45) is 5.73 Å². The highest BCUT2D eigenvalue weighted by Gasteiger charge is 2.39. The molecular weight excluding hydrogens is 383 g/mol. The van der Waals surface area contributed by atoms with Crippen molar-refractivity contribution in [1.29, 1.82) is 0 Å². The normalized spacial score (nSPS) is 15.8. The van der Waals surface area contributed by atoms with Crippen molar-refractivity contribution in [2.45, 2.75) is 24.8 Å². The van der Waals surface area contributed by atoms with E-state index in [9.17, 15) is 14.5 Å². The lowest BCUT2D eigenvalue weighted by Crippen LogP contribution is -2.44. The Morgan fingerprint density at radius 3 is 2.68 bits per heavy atom. The van der Waals surface area contributed by atoms with Gasteiger partial charge in [0.2, 0.25) is 0 Å². The molecule has 2 N–H and O–H groups in total. The molecule has 0 unspecified atom stereocenters. The number of nitro benzene ring substituents is 1. The average molecular weight is 394 g/mol. The van der Waals surface area contributed by atoms with Crippen LogP contribution in [-0.2, 0) is 5.54 Å². The summed E-state index contributed by atoms with van der Waals surface area (Å²) in [5.41, 5.74) is 5.19. The van der Waals surface area contributed by atoms with Gasteiger partial charge >= 0.3 is 0 Å². The first-order valence-electron chi connectivity index (χ1n) is 6.17. The van der Waals surface area contributed by atoms with Gasteiger partial charge in [0.05, 0.1) is 22.1 Å². The highest BCUT2D eigenvalue weighted by atomic mass is 79.9. The largest absolute Gasteiger partial charge is 0.334 e. The van der Waals surface area contributed by atoms with E-state index >= 15 is 0 Å². The topological polar surface area (TPSA) is 108 Å². The Balaban J connectivity index is 0.00000176. The average Bonchev–Trinajstić information content (AvgIpc) is 2.87. The maximum Gasteiger partial charge on any atom is 0.287 e. The number of benzene rings is 1. The highest BCUT2D eigenvalue weighted by Crippen LogP contribution is 2.40. The molecule has 1 aliphatic carbocycles. The zero-order valence-electron chi connectivity index (χ0n) is 11.1. The summed E-state index contributed by atoms with van der Waals surface area (Å²) < 4.78 is 18.7. The molecule has 0 saturated heterocycles. The molecule has 3 rings (SSSR count). The van der Waals surface area contributed by atoms with E-state index in [1.165, 1.54) is 0 Å². The van der Waals surface area contributed by atoms with Crippen LogP contribution in [0.3, 0.4) is 0 Å². The summed E-state index contributed by atoms with van der Waals surface area (Å²) in [6.45, 7) is 0. The van der Waals surface area contributed by atoms with Crippen LogP contribution in [0.1, 0.15) is 25.1 Å². The fourth-order valence-electron chi connectivity index (χ4n) is 2.18. The number of rotatable bonds is 3. The Bertz CT molecular complexity index is 735. The summed E-state index contributed by atoms with van der Waals surface area (Å²) in [5.74, 6) is -0.426. The van der Waals surface area contributed by atoms with E-state index in [2.05, 4.69) is 26.1 Å². The molecule has 1 aromatic heterocycles. The minimum absolute atomic E-state index is 0. The minimum atomic E-state index is -0.759. The van der Waals surface area contributed by atoms with Crippen LogP contribution in [0.4, 0.5) is 10.1 Å². The summed E-state index contributed by atoms with van der Waals surface area (Å²) in [6.07, 6.45) is 2.47. The Labute approximate surface area is 138 Å². The maximum absolute atomic E-state index is 13.5. The lowest BCUT2D eigenvalue weighted by Gasteiger charge is -2.34. The summed E-state index contributed by atoms with van der Waals surface area (Å²) in [5, 5.41) is 14.7. The third-order valence-corrected chi connectivity index (χ3v) is 4.40. The lowest BCUT2D eigenvalue weighted by atomic mass is 9.77. The molecule has 2 aromatic rings. The third kappa shape index (κ3) is 2.71. The van der Waals surface area contributed by atoms with Gasteiger partial charge in [0, 0.05) is 0 Å². The van der Waals surface area contributed by atoms with Crippen LogP contribution in [0.2, 0.25) is 0 Å². The van der Waals surface area contributed by atoms with Gasteiger partial charge in [-0.3, -0.25) is 10.1 Å². The van der Waals surface area contributed by atoms with Gasteiger partial charge < -0.3 is 10.3 Å². The number of aromatic nitrogens is 2. The predicted molar refractivity (Wildman–Crippen MR) is 81.0 cm³/mol. The summed E-state index contributed by atoms with van der Waals surface area (Å²) in [4.78, 5) is 14.4. The van der Waals surface area contributed by atoms with Crippen molar-refractivity contribution in [3.05, 3.63) is 38.4 Å². The van der Waals surface area contributed by atoms with Gasteiger partial charge in [0.15, 0.2) is 5.82 Å². The fourth-order valence-corrected chi connectivity index (χ4v) is 2.72. The number of nitro groups is 1. The zero-order chi connectivity index (χ0) is 15.2. The Hall–Kier alpha value is -1.58. The van der Waals surface area contributed by atoms with E-state index in [0.717, 1.165) is 31.4 Å². The first-order valence-corrected chi connectivity index (χ1v) is 6.97. The molecule has 0 aliphatic heterocycles. The third-order valence-electron chi connectivity index (χ3n) is 3.56. The molecule has 1 saturated carbocycles. The van der Waals surface area contributed by atoms with E-state index in [-0.39, 0.29) is 28.3 Å². The lowest BCUT2D eigenvalue weighted by molar-refractivity contribution is -0.385. The zero-order valence-corrected chi connectivity index (χ0v) is 13.5. The van der Waals surface area contributed by atoms with Crippen LogP contribution >= 0.6 is 28.3 Å². The molecule has 0 bridgehead atoms. The van der Waals surface area contributed by atoms with Crippen LogP contribution in [-0.4, -0.2) is 15.1 Å². The van der Waals surface area contributed by atoms with Gasteiger partial charge in [-0.05, 0) is 41.3 Å². The van der Waals surface area contributed by atoms with E-state index in [0.29, 0.717) is 5.82 Å². The van der Waals surface area contributed by atoms with Crippen LogP contribution in [0.25, 0.3) is 11.5 Å². The molecule has 7 nitrogen and oxygen atoms in total. The number of hydrogen-bond acceptors (Lipinski definition) is 6. The van der Waals surface area contributed by atoms with Crippen molar-refractivity contribution >= 4 is 34.0 Å². The first-order chi connectivity index (χ1) is 9.90. The standard InChI is InChI=1S/C12H10BrFN4O3.ClH/c13-9-7(4-6(14)5-8(9)18(19)20)10-16-11(17-21-10)12(15)2-1-3-12;/h4-5H,1-3,15H2;1H. The summed E-state index contributed by atoms with van der Waals surface area (Å²) in [7, 11) is 0. The smallest absolute Gasteiger partial charge is 0.287 e. The van der Waals surface area contributed by atoms with Crippen molar-refractivity contribution in [3.63, 3.8) is 0 Å². The van der Waals surface area contributed by atoms with Crippen LogP contribution in [0.15, 0.2) is 21.1 Å². The quantitative estimate of drug-likeness (QED) is 0.633. The first kappa shape index (κ1) is 16.8. The van der Waals surface area contributed by atoms with Crippen molar-refractivity contribution < 1.29 is 13.8 Å². The number of nitrogens with zero attached hydrogens (tertiary/aromatic N) is 3. The molecular formula is C12H11BrClFN4O3. The Kier molecular flexibility index (Phi) is 4.50. The van der Waals surface area contributed by atoms with Crippen LogP contribution in [0.5, 0.6) is 0 Å². The van der Waals surface area contributed by atoms with E-state index in [1.807, 2.05) is 0 Å². The molecule has 0 radical (unpaired) electrons. The molecule has 10 heteroatoms. The minimum Gasteiger partial charge on any atom is -0.334 e. The van der Waals surface area contributed by atoms with Crippen molar-refractivity contribution in [2.75, 3.05) is 0 Å². The van der Waals surface area contributed by atoms with E-state index < -0.39 is 22.0 Å². The fraction of sp³-hybridized carbons (Fsp3) is 0.333. The molecule has 1 fully saturated rings. The van der Waals surface area contributed by atoms with Gasteiger partial charge in [-0.1, -0.05) is 5.16 Å². The molecule has 1 aromatic carbocycles. The predicted octanol–water partition coefficient (Wildman–Crippen LogP) is 3.31. The SMILES string of the molecule is Cl.NC1(c2noc(-c3cc(F)cc([N+](=O)[O-])c3Br)n2)CCC1. The molecule has 118 valence electrons. The highest BCUT2D eigenvalue weighted by molar-refractivity contribution is 9.10. The van der Waals surface area contributed by atoms with E-state index in [1.54, 1.807) is 0 Å². The van der Waals surface area contributed by atoms with E-state index in [4.69, 9.17) is 10.3 Å². The van der Waals surface area contributed by atoms with Gasteiger partial charge in [-0.25, -0.2) is 4.39 Å². The molecule has 22 heavy (non-hydrogen) atoms. The number of hydrogen-bond donors (Lipinski definition) is 1. The summed E-state index contributed by atoms with van der Waals surface area (Å²) >= 11 is 3.08. The number of nitrogens with two attached hydrogens (primary N) is 1. The molecule has 1 aliphatic rings. The van der Waals surface area contributed by atoms with Crippen molar-refractivity contribution in [3.8, 4) is 11.5 Å². The monoisotopic (exact) mass is 392 g/mol. The van der Waals surface area contributed by atoms with Crippen molar-refractivity contribution in [1.82, 2.24) is 10.1 Å². The maximum atomic E-state index is 13.5. The summed E-state index contributed by atoms with van der Waals surface area (Å²) in [6, 6.07) is 1.92. The second kappa shape index (κ2) is 5.90. The van der Waals surface area contributed by atoms with Gasteiger partial charge in [0.1, 0.15) is 10.3 Å². The van der Waals surface area contributed by atoms with Gasteiger partial charge in [0.25, 0.3) is 11.6 Å². The molecule has 0 amide bonds. The second-order valence-corrected chi connectivity index (χ2v) is 5.77. The Morgan fingerprint density at radius 2 is 2.14 bits per heavy atom.